The highest BCUT2D eigenvalue weighted by Crippen LogP contribution is 2.24. The number of hydrogen-bond donors (Lipinski definition) is 0. The molecule has 0 spiro atoms. The van der Waals surface area contributed by atoms with Gasteiger partial charge in [0.15, 0.2) is 0 Å². The monoisotopic (exact) mass is 203 g/mol. The Morgan fingerprint density at radius 3 is 2.21 bits per heavy atom. The summed E-state index contributed by atoms with van der Waals surface area (Å²) in [4.78, 5) is 3.88. The van der Waals surface area contributed by atoms with Crippen molar-refractivity contribution in [1.29, 1.82) is 0 Å². The van der Waals surface area contributed by atoms with Gasteiger partial charge in [0.1, 0.15) is 5.75 Å². The number of benzene rings is 1. The van der Waals surface area contributed by atoms with Crippen LogP contribution in [0, 0.1) is 0 Å². The third-order valence-corrected chi connectivity index (χ3v) is 1.35. The molecule has 0 aliphatic carbocycles. The highest BCUT2D eigenvalue weighted by atomic mass is 19.4. The highest BCUT2D eigenvalue weighted by Gasteiger charge is 2.30. The van der Waals surface area contributed by atoms with Gasteiger partial charge in [-0.2, -0.15) is 0 Å². The van der Waals surface area contributed by atoms with Crippen LogP contribution in [0.1, 0.15) is 6.92 Å². The molecule has 0 aliphatic heterocycles. The van der Waals surface area contributed by atoms with Crippen LogP contribution in [0.25, 0.3) is 0 Å². The lowest BCUT2D eigenvalue weighted by Crippen LogP contribution is -2.16. The molecule has 0 aliphatic rings. The summed E-state index contributed by atoms with van der Waals surface area (Å²) in [6.45, 7) is 1.72. The molecule has 0 fully saturated rings. The lowest BCUT2D eigenvalue weighted by atomic mass is 10.3. The second-order valence-electron chi connectivity index (χ2n) is 2.43. The summed E-state index contributed by atoms with van der Waals surface area (Å²) in [5.74, 6) is -0.243. The molecular weight excluding hydrogens is 195 g/mol. The molecule has 1 rings (SSSR count). The van der Waals surface area contributed by atoms with E-state index in [1.807, 2.05) is 0 Å². The van der Waals surface area contributed by atoms with Crippen LogP contribution in [-0.4, -0.2) is 12.6 Å². The number of rotatable bonds is 2. The van der Waals surface area contributed by atoms with Crippen molar-refractivity contribution in [3.05, 3.63) is 24.3 Å². The first-order valence-corrected chi connectivity index (χ1v) is 3.86. The Morgan fingerprint density at radius 2 is 1.79 bits per heavy atom. The lowest BCUT2D eigenvalue weighted by Gasteiger charge is -2.08. The average molecular weight is 203 g/mol. The van der Waals surface area contributed by atoms with Gasteiger partial charge in [-0.3, -0.25) is 4.99 Å². The van der Waals surface area contributed by atoms with E-state index in [0.29, 0.717) is 5.69 Å². The topological polar surface area (TPSA) is 21.6 Å². The maximum atomic E-state index is 11.7. The second kappa shape index (κ2) is 4.13. The Bertz CT molecular complexity index is 316. The largest absolute Gasteiger partial charge is 0.573 e. The molecule has 0 radical (unpaired) electrons. The second-order valence-corrected chi connectivity index (χ2v) is 2.43. The van der Waals surface area contributed by atoms with E-state index in [9.17, 15) is 13.2 Å². The van der Waals surface area contributed by atoms with Crippen LogP contribution in [0.3, 0.4) is 0 Å². The molecule has 0 N–H and O–H groups in total. The standard InChI is InChI=1S/C9H8F3NO/c1-2-13-7-3-5-8(6-4-7)14-9(10,11)12/h2-6H,1H3. The number of alkyl halides is 3. The van der Waals surface area contributed by atoms with Crippen LogP contribution in [0.2, 0.25) is 0 Å². The molecule has 0 heterocycles. The summed E-state index contributed by atoms with van der Waals surface area (Å²) < 4.78 is 38.9. The molecule has 1 aromatic carbocycles. The zero-order chi connectivity index (χ0) is 10.6. The van der Waals surface area contributed by atoms with Gasteiger partial charge in [0, 0.05) is 6.21 Å². The van der Waals surface area contributed by atoms with Crippen molar-refractivity contribution in [3.8, 4) is 5.75 Å². The lowest BCUT2D eigenvalue weighted by molar-refractivity contribution is -0.274. The van der Waals surface area contributed by atoms with Crippen molar-refractivity contribution in [2.75, 3.05) is 0 Å². The van der Waals surface area contributed by atoms with E-state index in [4.69, 9.17) is 0 Å². The van der Waals surface area contributed by atoms with Gasteiger partial charge in [-0.1, -0.05) is 0 Å². The summed E-state index contributed by atoms with van der Waals surface area (Å²) in [7, 11) is 0. The summed E-state index contributed by atoms with van der Waals surface area (Å²) in [6, 6.07) is 5.33. The van der Waals surface area contributed by atoms with E-state index in [1.54, 1.807) is 13.1 Å². The Kier molecular flexibility index (Phi) is 3.11. The minimum atomic E-state index is -4.64. The van der Waals surface area contributed by atoms with Crippen LogP contribution in [0.5, 0.6) is 5.75 Å². The quantitative estimate of drug-likeness (QED) is 0.675. The summed E-state index contributed by atoms with van der Waals surface area (Å²) in [6.07, 6.45) is -3.09. The van der Waals surface area contributed by atoms with E-state index in [0.717, 1.165) is 0 Å². The Morgan fingerprint density at radius 1 is 1.21 bits per heavy atom. The third-order valence-electron chi connectivity index (χ3n) is 1.35. The predicted molar refractivity (Wildman–Crippen MR) is 47.0 cm³/mol. The van der Waals surface area contributed by atoms with Gasteiger partial charge in [-0.25, -0.2) is 0 Å². The van der Waals surface area contributed by atoms with Gasteiger partial charge in [-0.05, 0) is 31.2 Å². The summed E-state index contributed by atoms with van der Waals surface area (Å²) in [5.41, 5.74) is 0.585. The average Bonchev–Trinajstić information content (AvgIpc) is 2.06. The zero-order valence-electron chi connectivity index (χ0n) is 7.38. The molecule has 2 nitrogen and oxygen atoms in total. The number of halogens is 3. The maximum absolute atomic E-state index is 11.7. The van der Waals surface area contributed by atoms with Gasteiger partial charge in [0.2, 0.25) is 0 Å². The van der Waals surface area contributed by atoms with E-state index >= 15 is 0 Å². The molecule has 0 aromatic heterocycles. The normalized spacial score (nSPS) is 12.0. The first-order valence-electron chi connectivity index (χ1n) is 3.86. The van der Waals surface area contributed by atoms with Crippen LogP contribution in [0.15, 0.2) is 29.3 Å². The SMILES string of the molecule is CC=Nc1ccc(OC(F)(F)F)cc1. The molecule has 0 unspecified atom stereocenters. The molecule has 14 heavy (non-hydrogen) atoms. The smallest absolute Gasteiger partial charge is 0.406 e. The molecule has 0 atom stereocenters. The Labute approximate surface area is 79.0 Å². The highest BCUT2D eigenvalue weighted by molar-refractivity contribution is 5.60. The van der Waals surface area contributed by atoms with Gasteiger partial charge in [0.25, 0.3) is 0 Å². The van der Waals surface area contributed by atoms with Crippen molar-refractivity contribution >= 4 is 11.9 Å². The van der Waals surface area contributed by atoms with Gasteiger partial charge < -0.3 is 4.74 Å². The number of aliphatic imine (C=N–C) groups is 1. The minimum absolute atomic E-state index is 0.243. The molecule has 0 amide bonds. The zero-order valence-corrected chi connectivity index (χ0v) is 7.38. The van der Waals surface area contributed by atoms with Crippen molar-refractivity contribution in [2.45, 2.75) is 13.3 Å². The maximum Gasteiger partial charge on any atom is 0.573 e. The summed E-state index contributed by atoms with van der Waals surface area (Å²) in [5, 5.41) is 0. The first-order chi connectivity index (χ1) is 6.51. The fourth-order valence-corrected chi connectivity index (χ4v) is 0.883. The summed E-state index contributed by atoms with van der Waals surface area (Å²) >= 11 is 0. The van der Waals surface area contributed by atoms with Crippen LogP contribution in [-0.2, 0) is 0 Å². The van der Waals surface area contributed by atoms with Crippen molar-refractivity contribution in [3.63, 3.8) is 0 Å². The van der Waals surface area contributed by atoms with E-state index in [2.05, 4.69) is 9.73 Å². The molecule has 0 saturated carbocycles. The van der Waals surface area contributed by atoms with Crippen molar-refractivity contribution < 1.29 is 17.9 Å². The van der Waals surface area contributed by atoms with Gasteiger partial charge in [-0.15, -0.1) is 13.2 Å². The van der Waals surface area contributed by atoms with Gasteiger partial charge >= 0.3 is 6.36 Å². The Balaban J connectivity index is 2.74. The van der Waals surface area contributed by atoms with Crippen LogP contribution in [0.4, 0.5) is 18.9 Å². The Hall–Kier alpha value is -1.52. The minimum Gasteiger partial charge on any atom is -0.406 e. The predicted octanol–water partition coefficient (Wildman–Crippen LogP) is 3.31. The van der Waals surface area contributed by atoms with Crippen molar-refractivity contribution in [1.82, 2.24) is 0 Å². The fraction of sp³-hybridized carbons (Fsp3) is 0.222. The molecule has 0 bridgehead atoms. The molecular formula is C9H8F3NO. The molecule has 1 aromatic rings. The number of nitrogens with zero attached hydrogens (tertiary/aromatic N) is 1. The fourth-order valence-electron chi connectivity index (χ4n) is 0.883. The molecule has 5 heteroatoms. The molecule has 76 valence electrons. The molecule has 0 saturated heterocycles. The van der Waals surface area contributed by atoms with Gasteiger partial charge in [0.05, 0.1) is 5.69 Å². The third kappa shape index (κ3) is 3.47. The van der Waals surface area contributed by atoms with Crippen LogP contribution >= 0.6 is 0 Å². The van der Waals surface area contributed by atoms with E-state index < -0.39 is 6.36 Å². The first kappa shape index (κ1) is 10.6. The van der Waals surface area contributed by atoms with Crippen molar-refractivity contribution in [2.24, 2.45) is 4.99 Å². The van der Waals surface area contributed by atoms with Crippen LogP contribution < -0.4 is 4.74 Å². The number of hydrogen-bond acceptors (Lipinski definition) is 2. The number of ether oxygens (including phenoxy) is 1. The van der Waals surface area contributed by atoms with E-state index in [1.165, 1.54) is 24.3 Å². The van der Waals surface area contributed by atoms with E-state index in [-0.39, 0.29) is 5.75 Å².